The van der Waals surface area contributed by atoms with E-state index in [2.05, 4.69) is 4.98 Å². The number of halogens is 1. The summed E-state index contributed by atoms with van der Waals surface area (Å²) in [5.74, 6) is -1.22. The van der Waals surface area contributed by atoms with Crippen molar-refractivity contribution in [2.45, 2.75) is 18.4 Å². The van der Waals surface area contributed by atoms with E-state index in [4.69, 9.17) is 4.74 Å². The van der Waals surface area contributed by atoms with Gasteiger partial charge in [-0.1, -0.05) is 11.8 Å². The average molecular weight is 358 g/mol. The number of carbonyl (C=O) groups excluding carboxylic acids is 2. The second-order valence-corrected chi connectivity index (χ2v) is 5.94. The van der Waals surface area contributed by atoms with E-state index in [1.54, 1.807) is 31.2 Å². The summed E-state index contributed by atoms with van der Waals surface area (Å²) in [6.45, 7) is 1.89. The molecule has 7 heteroatoms. The number of thioether (sulfide) groups is 1. The molecule has 2 aromatic rings. The van der Waals surface area contributed by atoms with Gasteiger partial charge in [-0.05, 0) is 43.3 Å². The molecule has 0 aliphatic carbocycles. The van der Waals surface area contributed by atoms with E-state index in [0.717, 1.165) is 11.8 Å². The Kier molecular flexibility index (Phi) is 6.66. The van der Waals surface area contributed by atoms with Crippen molar-refractivity contribution in [2.75, 3.05) is 12.4 Å². The number of ketones is 1. The van der Waals surface area contributed by atoms with Gasteiger partial charge in [-0.15, -0.1) is 0 Å². The summed E-state index contributed by atoms with van der Waals surface area (Å²) >= 11 is 1.09. The summed E-state index contributed by atoms with van der Waals surface area (Å²) in [6, 6.07) is 11.1. The number of ether oxygens (including phenoxy) is 1. The van der Waals surface area contributed by atoms with Gasteiger partial charge in [0.2, 0.25) is 0 Å². The van der Waals surface area contributed by atoms with Gasteiger partial charge in [0, 0.05) is 5.56 Å². The lowest BCUT2D eigenvalue weighted by Gasteiger charge is -2.07. The minimum Gasteiger partial charge on any atom is -0.466 e. The Morgan fingerprint density at radius 1 is 1.24 bits per heavy atom. The fourth-order valence-corrected chi connectivity index (χ4v) is 2.82. The topological polar surface area (TPSA) is 80.1 Å². The lowest BCUT2D eigenvalue weighted by molar-refractivity contribution is -0.145. The Labute approximate surface area is 148 Å². The first-order valence-electron chi connectivity index (χ1n) is 7.50. The van der Waals surface area contributed by atoms with Crippen LogP contribution >= 0.6 is 11.8 Å². The van der Waals surface area contributed by atoms with Gasteiger partial charge in [0.15, 0.2) is 5.78 Å². The Morgan fingerprint density at radius 2 is 1.96 bits per heavy atom. The van der Waals surface area contributed by atoms with Crippen molar-refractivity contribution >= 4 is 23.5 Å². The van der Waals surface area contributed by atoms with Crippen LogP contribution in [0.25, 0.3) is 11.3 Å². The second kappa shape index (κ2) is 8.94. The fourth-order valence-electron chi connectivity index (χ4n) is 1.99. The van der Waals surface area contributed by atoms with Gasteiger partial charge in [0.05, 0.1) is 23.6 Å². The first-order chi connectivity index (χ1) is 12.0. The van der Waals surface area contributed by atoms with Crippen LogP contribution in [0.3, 0.4) is 0 Å². The number of rotatable bonds is 7. The summed E-state index contributed by atoms with van der Waals surface area (Å²) in [5, 5.41) is 9.58. The normalized spacial score (nSPS) is 10.1. The van der Waals surface area contributed by atoms with Crippen molar-refractivity contribution in [3.05, 3.63) is 47.8 Å². The van der Waals surface area contributed by atoms with Crippen molar-refractivity contribution in [3.63, 3.8) is 0 Å². The van der Waals surface area contributed by atoms with Gasteiger partial charge < -0.3 is 4.74 Å². The zero-order valence-electron chi connectivity index (χ0n) is 13.5. The zero-order chi connectivity index (χ0) is 18.2. The summed E-state index contributed by atoms with van der Waals surface area (Å²) < 4.78 is 17.8. The van der Waals surface area contributed by atoms with Crippen LogP contribution in [-0.2, 0) is 14.3 Å². The highest BCUT2D eigenvalue weighted by Crippen LogP contribution is 2.25. The quantitative estimate of drug-likeness (QED) is 0.429. The first-order valence-corrected chi connectivity index (χ1v) is 8.49. The molecule has 5 nitrogen and oxygen atoms in total. The van der Waals surface area contributed by atoms with E-state index < -0.39 is 5.97 Å². The molecule has 0 amide bonds. The molecule has 0 aliphatic heterocycles. The average Bonchev–Trinajstić information content (AvgIpc) is 2.60. The molecule has 0 bridgehead atoms. The van der Waals surface area contributed by atoms with E-state index in [0.29, 0.717) is 21.8 Å². The SMILES string of the molecule is CCOC(=O)CC(=O)CSc1nc(-c2ccc(F)cc2)ccc1C#N. The van der Waals surface area contributed by atoms with Crippen LogP contribution in [0.4, 0.5) is 4.39 Å². The number of benzene rings is 1. The molecule has 2 rings (SSSR count). The van der Waals surface area contributed by atoms with Gasteiger partial charge in [-0.25, -0.2) is 9.37 Å². The molecule has 0 aliphatic rings. The van der Waals surface area contributed by atoms with Crippen molar-refractivity contribution in [3.8, 4) is 17.3 Å². The summed E-state index contributed by atoms with van der Waals surface area (Å²) in [6.07, 6.45) is -0.305. The number of Topliss-reactive ketones (excluding diaryl/α,β-unsaturated/α-hetero) is 1. The minimum atomic E-state index is -0.568. The third kappa shape index (κ3) is 5.40. The number of nitriles is 1. The number of nitrogens with zero attached hydrogens (tertiary/aromatic N) is 2. The van der Waals surface area contributed by atoms with Crippen molar-refractivity contribution < 1.29 is 18.7 Å². The van der Waals surface area contributed by atoms with Gasteiger partial charge in [0.25, 0.3) is 0 Å². The number of pyridine rings is 1. The zero-order valence-corrected chi connectivity index (χ0v) is 14.3. The molecular formula is C18H15FN2O3S. The Morgan fingerprint density at radius 3 is 2.60 bits per heavy atom. The number of esters is 1. The molecule has 1 aromatic carbocycles. The lowest BCUT2D eigenvalue weighted by atomic mass is 10.1. The standard InChI is InChI=1S/C18H15FN2O3S/c1-2-24-17(23)9-15(22)11-25-18-13(10-20)5-8-16(21-18)12-3-6-14(19)7-4-12/h3-8H,2,9,11H2,1H3. The minimum absolute atomic E-state index is 0.00731. The van der Waals surface area contributed by atoms with Crippen LogP contribution in [0.15, 0.2) is 41.4 Å². The molecule has 0 N–H and O–H groups in total. The number of carbonyl (C=O) groups is 2. The van der Waals surface area contributed by atoms with Crippen LogP contribution in [0.2, 0.25) is 0 Å². The molecule has 128 valence electrons. The number of hydrogen-bond donors (Lipinski definition) is 0. The van der Waals surface area contributed by atoms with Crippen LogP contribution in [0.5, 0.6) is 0 Å². The van der Waals surface area contributed by atoms with Crippen LogP contribution in [0.1, 0.15) is 18.9 Å². The van der Waals surface area contributed by atoms with Gasteiger partial charge in [-0.3, -0.25) is 9.59 Å². The second-order valence-electron chi connectivity index (χ2n) is 4.98. The van der Waals surface area contributed by atoms with Crippen molar-refractivity contribution in [1.29, 1.82) is 5.26 Å². The highest BCUT2D eigenvalue weighted by atomic mass is 32.2. The Bertz CT molecular complexity index is 816. The maximum Gasteiger partial charge on any atom is 0.313 e. The van der Waals surface area contributed by atoms with Crippen LogP contribution in [0, 0.1) is 17.1 Å². The monoisotopic (exact) mass is 358 g/mol. The number of aromatic nitrogens is 1. The summed E-state index contributed by atoms with van der Waals surface area (Å²) in [5.41, 5.74) is 1.60. The molecule has 0 saturated carbocycles. The molecule has 0 unspecified atom stereocenters. The third-order valence-corrected chi connectivity index (χ3v) is 4.19. The Balaban J connectivity index is 2.12. The van der Waals surface area contributed by atoms with E-state index in [-0.39, 0.29) is 30.4 Å². The molecule has 0 radical (unpaired) electrons. The fraction of sp³-hybridized carbons (Fsp3) is 0.222. The molecule has 1 aromatic heterocycles. The van der Waals surface area contributed by atoms with E-state index in [9.17, 15) is 19.2 Å². The molecule has 25 heavy (non-hydrogen) atoms. The van der Waals surface area contributed by atoms with Crippen molar-refractivity contribution in [1.82, 2.24) is 4.98 Å². The molecular weight excluding hydrogens is 343 g/mol. The largest absolute Gasteiger partial charge is 0.466 e. The van der Waals surface area contributed by atoms with E-state index in [1.807, 2.05) is 6.07 Å². The maximum absolute atomic E-state index is 13.0. The molecule has 0 saturated heterocycles. The van der Waals surface area contributed by atoms with E-state index >= 15 is 0 Å². The first kappa shape index (κ1) is 18.6. The molecule has 0 fully saturated rings. The van der Waals surface area contributed by atoms with Crippen LogP contribution in [-0.4, -0.2) is 29.1 Å². The van der Waals surface area contributed by atoms with Gasteiger partial charge in [-0.2, -0.15) is 5.26 Å². The summed E-state index contributed by atoms with van der Waals surface area (Å²) in [7, 11) is 0. The van der Waals surface area contributed by atoms with Gasteiger partial charge in [0.1, 0.15) is 23.3 Å². The molecule has 0 atom stereocenters. The highest BCUT2D eigenvalue weighted by Gasteiger charge is 2.14. The maximum atomic E-state index is 13.0. The van der Waals surface area contributed by atoms with Crippen LogP contribution < -0.4 is 0 Å². The van der Waals surface area contributed by atoms with Gasteiger partial charge >= 0.3 is 5.97 Å². The smallest absolute Gasteiger partial charge is 0.313 e. The number of hydrogen-bond acceptors (Lipinski definition) is 6. The molecule has 0 spiro atoms. The summed E-state index contributed by atoms with van der Waals surface area (Å²) in [4.78, 5) is 27.5. The van der Waals surface area contributed by atoms with Crippen molar-refractivity contribution in [2.24, 2.45) is 0 Å². The Hall–Kier alpha value is -2.72. The molecule has 1 heterocycles. The van der Waals surface area contributed by atoms with E-state index in [1.165, 1.54) is 12.1 Å². The predicted octanol–water partition coefficient (Wildman–Crippen LogP) is 3.37. The lowest BCUT2D eigenvalue weighted by Crippen LogP contribution is -2.12. The highest BCUT2D eigenvalue weighted by molar-refractivity contribution is 8.00. The predicted molar refractivity (Wildman–Crippen MR) is 91.3 cm³/mol. The third-order valence-electron chi connectivity index (χ3n) is 3.14.